The topological polar surface area (TPSA) is 140 Å². The predicted octanol–water partition coefficient (Wildman–Crippen LogP) is 3.49. The molecule has 2 aromatic carbocycles. The molecule has 1 atom stereocenters. The molecule has 1 unspecified atom stereocenters. The average Bonchev–Trinajstić information content (AvgIpc) is 2.75. The number of hydrogen-bond donors (Lipinski definition) is 4. The van der Waals surface area contributed by atoms with Gasteiger partial charge in [0.15, 0.2) is 0 Å². The Labute approximate surface area is 182 Å². The normalized spacial score (nSPS) is 14.2. The van der Waals surface area contributed by atoms with Crippen molar-refractivity contribution in [2.45, 2.75) is 25.7 Å². The van der Waals surface area contributed by atoms with Crippen LogP contribution < -0.4 is 25.2 Å². The number of ether oxygens (including phenoxy) is 2. The van der Waals surface area contributed by atoms with Gasteiger partial charge in [-0.15, -0.1) is 0 Å². The molecule has 0 saturated heterocycles. The van der Waals surface area contributed by atoms with Crippen LogP contribution in [0.1, 0.15) is 36.0 Å². The summed E-state index contributed by atoms with van der Waals surface area (Å²) < 4.78 is 33.7. The van der Waals surface area contributed by atoms with Crippen LogP contribution in [0, 0.1) is 0 Å². The fourth-order valence-corrected chi connectivity index (χ4v) is 3.61. The number of allylic oxidation sites excluding steroid dienone is 1. The second-order valence-corrected chi connectivity index (χ2v) is 7.50. The number of primary amides is 1. The molecule has 5 N–H and O–H groups in total. The zero-order valence-corrected chi connectivity index (χ0v) is 17.7. The summed E-state index contributed by atoms with van der Waals surface area (Å²) in [5, 5.41) is 3.00. The zero-order chi connectivity index (χ0) is 22.4. The molecule has 164 valence electrons. The lowest BCUT2D eigenvalue weighted by Gasteiger charge is -2.19. The molecule has 3 rings (SSSR count). The minimum absolute atomic E-state index is 0.0522. The van der Waals surface area contributed by atoms with Crippen molar-refractivity contribution in [1.29, 1.82) is 0 Å². The number of esters is 1. The molecule has 10 heteroatoms. The van der Waals surface area contributed by atoms with Crippen molar-refractivity contribution in [2.75, 3.05) is 17.1 Å². The van der Waals surface area contributed by atoms with Crippen LogP contribution in [0.3, 0.4) is 0 Å². The lowest BCUT2D eigenvalue weighted by molar-refractivity contribution is -0.130. The molecule has 1 aliphatic rings. The van der Waals surface area contributed by atoms with Gasteiger partial charge < -0.3 is 20.5 Å². The van der Waals surface area contributed by atoms with Crippen LogP contribution in [0.5, 0.6) is 11.5 Å². The van der Waals surface area contributed by atoms with E-state index in [4.69, 9.17) is 15.2 Å². The Morgan fingerprint density at radius 2 is 2.00 bits per heavy atom. The third-order valence-electron chi connectivity index (χ3n) is 4.71. The Balaban J connectivity index is 2.04. The summed E-state index contributed by atoms with van der Waals surface area (Å²) in [4.78, 5) is 24.9. The number of methoxy groups -OCH3 is 1. The molecule has 2 aromatic rings. The molecule has 31 heavy (non-hydrogen) atoms. The second kappa shape index (κ2) is 10.1. The van der Waals surface area contributed by atoms with E-state index in [9.17, 15) is 18.4 Å². The van der Waals surface area contributed by atoms with Gasteiger partial charge in [-0.25, -0.2) is 9.00 Å². The zero-order valence-electron chi connectivity index (χ0n) is 16.8. The van der Waals surface area contributed by atoms with Gasteiger partial charge in [-0.3, -0.25) is 14.1 Å². The molecule has 1 amide bonds. The first-order chi connectivity index (χ1) is 14.9. The summed E-state index contributed by atoms with van der Waals surface area (Å²) in [6, 6.07) is 9.60. The summed E-state index contributed by atoms with van der Waals surface area (Å²) in [5.41, 5.74) is 6.74. The standard InChI is InChI=1S/C21H23N3O6S/c1-29-15-9-5-8-14(12-15)23-19-16(24-31(27)28)10-11-17(18(19)20(22)25)30-21(26)13-6-3-2-4-7-13/h5-6,8-12,23-24H,2-4,7H2,1H3,(H2,22,25)(H,27,28). The predicted molar refractivity (Wildman–Crippen MR) is 118 cm³/mol. The van der Waals surface area contributed by atoms with Crippen molar-refractivity contribution in [3.05, 3.63) is 53.6 Å². The number of hydrogen-bond acceptors (Lipinski definition) is 6. The Morgan fingerprint density at radius 1 is 1.19 bits per heavy atom. The van der Waals surface area contributed by atoms with E-state index < -0.39 is 23.1 Å². The van der Waals surface area contributed by atoms with E-state index in [1.165, 1.54) is 19.2 Å². The highest BCUT2D eigenvalue weighted by Crippen LogP contribution is 2.37. The highest BCUT2D eigenvalue weighted by molar-refractivity contribution is 7.80. The Bertz CT molecular complexity index is 1050. The van der Waals surface area contributed by atoms with Gasteiger partial charge in [0.2, 0.25) is 0 Å². The van der Waals surface area contributed by atoms with Crippen molar-refractivity contribution in [2.24, 2.45) is 5.73 Å². The van der Waals surface area contributed by atoms with Crippen LogP contribution in [0.15, 0.2) is 48.0 Å². The minimum Gasteiger partial charge on any atom is -0.497 e. The maximum atomic E-state index is 12.6. The molecule has 0 radical (unpaired) electrons. The van der Waals surface area contributed by atoms with E-state index in [1.807, 2.05) is 6.08 Å². The molecule has 0 bridgehead atoms. The van der Waals surface area contributed by atoms with Crippen molar-refractivity contribution in [1.82, 2.24) is 0 Å². The molecular formula is C21H23N3O6S. The number of anilines is 3. The third kappa shape index (κ3) is 5.62. The largest absolute Gasteiger partial charge is 0.497 e. The van der Waals surface area contributed by atoms with E-state index in [0.29, 0.717) is 23.4 Å². The van der Waals surface area contributed by atoms with Gasteiger partial charge in [-0.1, -0.05) is 12.1 Å². The van der Waals surface area contributed by atoms with Crippen LogP contribution in [0.25, 0.3) is 0 Å². The second-order valence-electron chi connectivity index (χ2n) is 6.80. The number of carbonyl (C=O) groups excluding carboxylic acids is 2. The molecule has 0 fully saturated rings. The number of benzene rings is 2. The lowest BCUT2D eigenvalue weighted by atomic mass is 10.00. The number of nitrogens with two attached hydrogens (primary N) is 1. The van der Waals surface area contributed by atoms with Crippen molar-refractivity contribution in [3.8, 4) is 11.5 Å². The highest BCUT2D eigenvalue weighted by atomic mass is 32.2. The molecule has 0 saturated carbocycles. The maximum Gasteiger partial charge on any atom is 0.339 e. The minimum atomic E-state index is -2.42. The molecule has 0 heterocycles. The van der Waals surface area contributed by atoms with Crippen LogP contribution in [-0.4, -0.2) is 27.7 Å². The number of nitrogens with one attached hydrogen (secondary N) is 2. The average molecular weight is 445 g/mol. The van der Waals surface area contributed by atoms with E-state index in [-0.39, 0.29) is 22.7 Å². The highest BCUT2D eigenvalue weighted by Gasteiger charge is 2.24. The van der Waals surface area contributed by atoms with E-state index >= 15 is 0 Å². The molecule has 1 aliphatic carbocycles. The van der Waals surface area contributed by atoms with E-state index in [2.05, 4.69) is 10.0 Å². The van der Waals surface area contributed by atoms with Gasteiger partial charge in [0.25, 0.3) is 17.2 Å². The van der Waals surface area contributed by atoms with E-state index in [1.54, 1.807) is 24.3 Å². The van der Waals surface area contributed by atoms with Gasteiger partial charge in [-0.2, -0.15) is 0 Å². The number of rotatable bonds is 8. The molecular weight excluding hydrogens is 422 g/mol. The smallest absolute Gasteiger partial charge is 0.339 e. The van der Waals surface area contributed by atoms with E-state index in [0.717, 1.165) is 19.3 Å². The van der Waals surface area contributed by atoms with Crippen LogP contribution >= 0.6 is 0 Å². The molecule has 0 aliphatic heterocycles. The summed E-state index contributed by atoms with van der Waals surface area (Å²) in [6.07, 6.45) is 5.12. The first kappa shape index (κ1) is 22.3. The fourth-order valence-electron chi connectivity index (χ4n) is 3.26. The maximum absolute atomic E-state index is 12.6. The Morgan fingerprint density at radius 3 is 2.65 bits per heavy atom. The van der Waals surface area contributed by atoms with Crippen LogP contribution in [0.4, 0.5) is 17.1 Å². The number of amides is 1. The van der Waals surface area contributed by atoms with Gasteiger partial charge in [0, 0.05) is 17.3 Å². The van der Waals surface area contributed by atoms with Gasteiger partial charge >= 0.3 is 5.97 Å². The molecule has 0 spiro atoms. The first-order valence-corrected chi connectivity index (χ1v) is 10.7. The van der Waals surface area contributed by atoms with Crippen molar-refractivity contribution < 1.29 is 27.8 Å². The Hall–Kier alpha value is -3.37. The first-order valence-electron chi connectivity index (χ1n) is 9.55. The summed E-state index contributed by atoms with van der Waals surface area (Å²) in [6.45, 7) is 0. The van der Waals surface area contributed by atoms with Crippen molar-refractivity contribution >= 4 is 40.2 Å². The van der Waals surface area contributed by atoms with Crippen molar-refractivity contribution in [3.63, 3.8) is 0 Å². The fraction of sp³-hybridized carbons (Fsp3) is 0.238. The number of carbonyl (C=O) groups is 2. The molecule has 0 aromatic heterocycles. The van der Waals surface area contributed by atoms with Gasteiger partial charge in [0.05, 0.1) is 18.5 Å². The van der Waals surface area contributed by atoms with Gasteiger partial charge in [-0.05, 0) is 49.9 Å². The SMILES string of the molecule is COc1cccc(Nc2c(NS(=O)O)ccc(OC(=O)C3=CCCCC3)c2C(N)=O)c1. The molecule has 9 nitrogen and oxygen atoms in total. The lowest BCUT2D eigenvalue weighted by Crippen LogP contribution is -2.20. The van der Waals surface area contributed by atoms with Gasteiger partial charge in [0.1, 0.15) is 17.1 Å². The summed E-state index contributed by atoms with van der Waals surface area (Å²) in [5.74, 6) is -0.930. The Kier molecular flexibility index (Phi) is 7.27. The quantitative estimate of drug-likeness (QED) is 0.277. The summed E-state index contributed by atoms with van der Waals surface area (Å²) >= 11 is -2.42. The van der Waals surface area contributed by atoms with Crippen LogP contribution in [0.2, 0.25) is 0 Å². The summed E-state index contributed by atoms with van der Waals surface area (Å²) in [7, 11) is 1.51. The van der Waals surface area contributed by atoms with Crippen LogP contribution in [-0.2, 0) is 16.1 Å². The monoisotopic (exact) mass is 445 g/mol. The third-order valence-corrected chi connectivity index (χ3v) is 5.10.